The molecule has 0 aliphatic rings. The summed E-state index contributed by atoms with van der Waals surface area (Å²) >= 11 is 0. The number of aryl methyl sites for hydroxylation is 1. The fourth-order valence-corrected chi connectivity index (χ4v) is 2.99. The van der Waals surface area contributed by atoms with E-state index in [-0.39, 0.29) is 12.2 Å². The van der Waals surface area contributed by atoms with Crippen LogP contribution in [0.2, 0.25) is 0 Å². The molecule has 0 atom stereocenters. The summed E-state index contributed by atoms with van der Waals surface area (Å²) in [4.78, 5) is 24.3. The van der Waals surface area contributed by atoms with Crippen LogP contribution in [0.1, 0.15) is 11.4 Å². The molecule has 0 aliphatic carbocycles. The van der Waals surface area contributed by atoms with Gasteiger partial charge in [0.15, 0.2) is 0 Å². The number of amides is 1. The third kappa shape index (κ3) is 3.27. The highest BCUT2D eigenvalue weighted by Gasteiger charge is 2.13. The van der Waals surface area contributed by atoms with E-state index in [1.165, 1.54) is 6.07 Å². The molecule has 4 rings (SSSR count). The number of hydrogen-bond acceptors (Lipinski definition) is 4. The van der Waals surface area contributed by atoms with Crippen molar-refractivity contribution >= 4 is 11.6 Å². The first-order valence-electron chi connectivity index (χ1n) is 8.36. The number of halogens is 1. The summed E-state index contributed by atoms with van der Waals surface area (Å²) in [5.74, 6) is -0.774. The summed E-state index contributed by atoms with van der Waals surface area (Å²) < 4.78 is 15.4. The van der Waals surface area contributed by atoms with Crippen LogP contribution in [0, 0.1) is 12.7 Å². The van der Waals surface area contributed by atoms with Gasteiger partial charge in [-0.3, -0.25) is 9.78 Å². The zero-order chi connectivity index (χ0) is 19.0. The number of carbonyl (C=O) groups excluding carboxylic acids is 1. The van der Waals surface area contributed by atoms with Crippen LogP contribution in [-0.2, 0) is 11.2 Å². The molecule has 27 heavy (non-hydrogen) atoms. The second-order valence-electron chi connectivity index (χ2n) is 6.22. The van der Waals surface area contributed by atoms with Gasteiger partial charge in [-0.15, -0.1) is 0 Å². The normalized spacial score (nSPS) is 11.0. The van der Waals surface area contributed by atoms with E-state index >= 15 is 0 Å². The quantitative estimate of drug-likeness (QED) is 0.605. The minimum absolute atomic E-state index is 0.0912. The van der Waals surface area contributed by atoms with Gasteiger partial charge in [-0.1, -0.05) is 6.07 Å². The summed E-state index contributed by atoms with van der Waals surface area (Å²) in [5.41, 5.74) is 9.93. The van der Waals surface area contributed by atoms with Crippen LogP contribution >= 0.6 is 0 Å². The summed E-state index contributed by atoms with van der Waals surface area (Å²) in [6.45, 7) is 1.62. The smallest absolute Gasteiger partial charge is 0.223 e. The van der Waals surface area contributed by atoms with Crippen molar-refractivity contribution in [1.82, 2.24) is 19.4 Å². The fourth-order valence-electron chi connectivity index (χ4n) is 2.99. The Morgan fingerprint density at radius 2 is 2.00 bits per heavy atom. The van der Waals surface area contributed by atoms with Gasteiger partial charge in [0.1, 0.15) is 11.5 Å². The van der Waals surface area contributed by atoms with E-state index in [1.807, 2.05) is 34.9 Å². The molecule has 0 aliphatic heterocycles. The van der Waals surface area contributed by atoms with E-state index < -0.39 is 5.91 Å². The average Bonchev–Trinajstić information content (AvgIpc) is 3.04. The number of fused-ring (bicyclic) bond motifs is 1. The van der Waals surface area contributed by atoms with Crippen molar-refractivity contribution in [2.75, 3.05) is 0 Å². The predicted octanol–water partition coefficient (Wildman–Crippen LogP) is 2.93. The molecular weight excluding hydrogens is 345 g/mol. The van der Waals surface area contributed by atoms with Gasteiger partial charge in [0.25, 0.3) is 0 Å². The zero-order valence-electron chi connectivity index (χ0n) is 14.6. The Morgan fingerprint density at radius 3 is 2.78 bits per heavy atom. The Hall–Kier alpha value is -3.61. The van der Waals surface area contributed by atoms with E-state index in [0.717, 1.165) is 16.8 Å². The van der Waals surface area contributed by atoms with E-state index in [0.29, 0.717) is 22.8 Å². The molecule has 0 radical (unpaired) electrons. The lowest BCUT2D eigenvalue weighted by Gasteiger charge is -2.09. The summed E-state index contributed by atoms with van der Waals surface area (Å²) in [6.07, 6.45) is 5.46. The van der Waals surface area contributed by atoms with Gasteiger partial charge in [-0.05, 0) is 37.3 Å². The largest absolute Gasteiger partial charge is 0.369 e. The molecule has 6 nitrogen and oxygen atoms in total. The first kappa shape index (κ1) is 16.8. The van der Waals surface area contributed by atoms with Gasteiger partial charge >= 0.3 is 0 Å². The topological polar surface area (TPSA) is 86.2 Å². The van der Waals surface area contributed by atoms with Gasteiger partial charge in [0.2, 0.25) is 5.91 Å². The molecule has 7 heteroatoms. The number of carbonyl (C=O) groups is 1. The molecular formula is C20H16FN5O. The molecule has 0 spiro atoms. The van der Waals surface area contributed by atoms with E-state index in [4.69, 9.17) is 5.73 Å². The van der Waals surface area contributed by atoms with E-state index in [2.05, 4.69) is 15.0 Å². The minimum Gasteiger partial charge on any atom is -0.369 e. The van der Waals surface area contributed by atoms with Crippen molar-refractivity contribution in [3.05, 3.63) is 72.2 Å². The van der Waals surface area contributed by atoms with Crippen molar-refractivity contribution in [1.29, 1.82) is 0 Å². The van der Waals surface area contributed by atoms with Crippen molar-refractivity contribution in [2.24, 2.45) is 5.73 Å². The van der Waals surface area contributed by atoms with Gasteiger partial charge in [-0.25, -0.2) is 14.4 Å². The van der Waals surface area contributed by atoms with Gasteiger partial charge < -0.3 is 10.1 Å². The number of aromatic nitrogens is 4. The first-order valence-corrected chi connectivity index (χ1v) is 8.36. The number of rotatable bonds is 4. The van der Waals surface area contributed by atoms with Crippen molar-refractivity contribution < 1.29 is 9.18 Å². The molecule has 4 aromatic heterocycles. The van der Waals surface area contributed by atoms with Crippen molar-refractivity contribution in [3.8, 4) is 22.5 Å². The average molecular weight is 361 g/mol. The molecule has 4 heterocycles. The first-order chi connectivity index (χ1) is 13.0. The van der Waals surface area contributed by atoms with Crippen molar-refractivity contribution in [3.63, 3.8) is 0 Å². The number of pyridine rings is 3. The highest BCUT2D eigenvalue weighted by Crippen LogP contribution is 2.29. The standard InChI is InChI=1S/C20H16FN5O/c1-12-16(21)5-6-17(24-12)20-15(3-2-8-23-20)13-4-7-19-25-14(9-18(22)27)11-26(19)10-13/h2-8,10-11H,9H2,1H3,(H2,22,27). The van der Waals surface area contributed by atoms with Crippen LogP contribution in [0.4, 0.5) is 4.39 Å². The second kappa shape index (κ2) is 6.60. The number of hydrogen-bond donors (Lipinski definition) is 1. The van der Waals surface area contributed by atoms with Crippen LogP contribution in [-0.4, -0.2) is 25.3 Å². The fraction of sp³-hybridized carbons (Fsp3) is 0.100. The maximum Gasteiger partial charge on any atom is 0.223 e. The summed E-state index contributed by atoms with van der Waals surface area (Å²) in [5, 5.41) is 0. The molecule has 0 fully saturated rings. The van der Waals surface area contributed by atoms with Gasteiger partial charge in [0, 0.05) is 29.7 Å². The van der Waals surface area contributed by atoms with Crippen molar-refractivity contribution in [2.45, 2.75) is 13.3 Å². The lowest BCUT2D eigenvalue weighted by atomic mass is 10.0. The maximum absolute atomic E-state index is 13.6. The lowest BCUT2D eigenvalue weighted by molar-refractivity contribution is -0.117. The Bertz CT molecular complexity index is 1170. The zero-order valence-corrected chi connectivity index (χ0v) is 14.6. The molecule has 134 valence electrons. The highest BCUT2D eigenvalue weighted by atomic mass is 19.1. The number of nitrogens with two attached hydrogens (primary N) is 1. The predicted molar refractivity (Wildman–Crippen MR) is 99.2 cm³/mol. The molecule has 0 aromatic carbocycles. The molecule has 2 N–H and O–H groups in total. The third-order valence-electron chi connectivity index (χ3n) is 4.24. The van der Waals surface area contributed by atoms with Crippen LogP contribution in [0.25, 0.3) is 28.2 Å². The second-order valence-corrected chi connectivity index (χ2v) is 6.22. The van der Waals surface area contributed by atoms with E-state index in [1.54, 1.807) is 25.4 Å². The molecule has 0 saturated carbocycles. The maximum atomic E-state index is 13.6. The Morgan fingerprint density at radius 1 is 1.15 bits per heavy atom. The molecule has 0 bridgehead atoms. The Balaban J connectivity index is 1.81. The molecule has 1 amide bonds. The third-order valence-corrected chi connectivity index (χ3v) is 4.24. The van der Waals surface area contributed by atoms with Crippen LogP contribution < -0.4 is 5.73 Å². The SMILES string of the molecule is Cc1nc(-c2ncccc2-c2ccc3nc(CC(N)=O)cn3c2)ccc1F. The Labute approximate surface area is 154 Å². The summed E-state index contributed by atoms with van der Waals surface area (Å²) in [7, 11) is 0. The molecule has 4 aromatic rings. The lowest BCUT2D eigenvalue weighted by Crippen LogP contribution is -2.13. The van der Waals surface area contributed by atoms with Crippen LogP contribution in [0.15, 0.2) is 55.0 Å². The summed E-state index contributed by atoms with van der Waals surface area (Å²) in [6, 6.07) is 10.6. The van der Waals surface area contributed by atoms with Crippen LogP contribution in [0.5, 0.6) is 0 Å². The molecule has 0 saturated heterocycles. The number of primary amides is 1. The number of imidazole rings is 1. The van der Waals surface area contributed by atoms with E-state index in [9.17, 15) is 9.18 Å². The number of nitrogens with zero attached hydrogens (tertiary/aromatic N) is 4. The molecule has 0 unspecified atom stereocenters. The monoisotopic (exact) mass is 361 g/mol. The van der Waals surface area contributed by atoms with Gasteiger partial charge in [0.05, 0.1) is 29.2 Å². The van der Waals surface area contributed by atoms with Gasteiger partial charge in [-0.2, -0.15) is 0 Å². The Kier molecular flexibility index (Phi) is 4.12. The minimum atomic E-state index is -0.425. The highest BCUT2D eigenvalue weighted by molar-refractivity contribution is 5.79. The van der Waals surface area contributed by atoms with Crippen LogP contribution in [0.3, 0.4) is 0 Å².